The molecule has 3 rings (SSSR count). The second-order valence-corrected chi connectivity index (χ2v) is 7.06. The number of rotatable bonds is 5. The van der Waals surface area contributed by atoms with Crippen molar-refractivity contribution in [2.75, 3.05) is 38.1 Å². The van der Waals surface area contributed by atoms with Gasteiger partial charge in [0, 0.05) is 65.1 Å². The number of hydrogen-bond acceptors (Lipinski definition) is 5. The summed E-state index contributed by atoms with van der Waals surface area (Å²) in [6.45, 7) is 6.84. The van der Waals surface area contributed by atoms with E-state index in [9.17, 15) is 4.79 Å². The maximum atomic E-state index is 11.4. The van der Waals surface area contributed by atoms with E-state index in [1.165, 1.54) is 11.3 Å². The predicted octanol–water partition coefficient (Wildman–Crippen LogP) is 2.44. The number of nitrogens with zero attached hydrogens (tertiary/aromatic N) is 4. The number of carbonyl (C=O) groups excluding carboxylic acids is 1. The molecular weight excluding hydrogens is 320 g/mol. The van der Waals surface area contributed by atoms with E-state index in [1.54, 1.807) is 18.3 Å². The minimum atomic E-state index is 0.171. The van der Waals surface area contributed by atoms with Gasteiger partial charge < -0.3 is 9.80 Å². The van der Waals surface area contributed by atoms with Gasteiger partial charge in [0.15, 0.2) is 0 Å². The van der Waals surface area contributed by atoms with Crippen LogP contribution in [0.15, 0.2) is 35.2 Å². The predicted molar refractivity (Wildman–Crippen MR) is 98.2 cm³/mol. The number of aromatic nitrogens is 1. The fourth-order valence-corrected chi connectivity index (χ4v) is 3.65. The zero-order valence-corrected chi connectivity index (χ0v) is 15.1. The Bertz CT molecular complexity index is 665. The van der Waals surface area contributed by atoms with Crippen LogP contribution in [0.1, 0.15) is 18.2 Å². The summed E-state index contributed by atoms with van der Waals surface area (Å²) in [5.74, 6) is 0.171. The molecule has 2 aromatic heterocycles. The molecule has 0 bridgehead atoms. The lowest BCUT2D eigenvalue weighted by atomic mass is 10.2. The van der Waals surface area contributed by atoms with E-state index in [-0.39, 0.29) is 5.91 Å². The third-order valence-electron chi connectivity index (χ3n) is 4.44. The van der Waals surface area contributed by atoms with Crippen molar-refractivity contribution in [3.8, 4) is 0 Å². The number of thiophene rings is 1. The summed E-state index contributed by atoms with van der Waals surface area (Å²) >= 11 is 1.73. The van der Waals surface area contributed by atoms with E-state index in [1.807, 2.05) is 11.1 Å². The first kappa shape index (κ1) is 16.9. The number of amides is 1. The summed E-state index contributed by atoms with van der Waals surface area (Å²) in [5, 5.41) is 4.30. The first-order valence-corrected chi connectivity index (χ1v) is 9.21. The molecule has 0 saturated carbocycles. The molecule has 0 unspecified atom stereocenters. The molecule has 0 radical (unpaired) electrons. The molecule has 0 atom stereocenters. The Morgan fingerprint density at radius 3 is 2.75 bits per heavy atom. The molecule has 6 heteroatoms. The second kappa shape index (κ2) is 7.77. The van der Waals surface area contributed by atoms with Crippen molar-refractivity contribution in [3.63, 3.8) is 0 Å². The molecule has 0 aromatic carbocycles. The van der Waals surface area contributed by atoms with Gasteiger partial charge in [-0.25, -0.2) is 0 Å². The lowest BCUT2D eigenvalue weighted by molar-refractivity contribution is -0.130. The number of carbonyl (C=O) groups is 1. The van der Waals surface area contributed by atoms with Gasteiger partial charge in [-0.3, -0.25) is 14.7 Å². The Morgan fingerprint density at radius 1 is 1.29 bits per heavy atom. The Labute approximate surface area is 147 Å². The van der Waals surface area contributed by atoms with Crippen LogP contribution in [0.5, 0.6) is 0 Å². The van der Waals surface area contributed by atoms with Gasteiger partial charge >= 0.3 is 0 Å². The number of anilines is 1. The largest absolute Gasteiger partial charge is 0.370 e. The Balaban J connectivity index is 1.58. The van der Waals surface area contributed by atoms with Gasteiger partial charge in [0.2, 0.25) is 5.91 Å². The molecule has 3 heterocycles. The van der Waals surface area contributed by atoms with Crippen LogP contribution in [-0.4, -0.2) is 53.9 Å². The van der Waals surface area contributed by atoms with Gasteiger partial charge in [0.1, 0.15) is 0 Å². The molecule has 0 spiro atoms. The highest BCUT2D eigenvalue weighted by Crippen LogP contribution is 2.18. The average Bonchev–Trinajstić information content (AvgIpc) is 3.08. The van der Waals surface area contributed by atoms with E-state index in [0.717, 1.165) is 45.0 Å². The fourth-order valence-electron chi connectivity index (χ4n) is 2.99. The summed E-state index contributed by atoms with van der Waals surface area (Å²) in [6.07, 6.45) is 1.89. The fraction of sp³-hybridized carbons (Fsp3) is 0.444. The third kappa shape index (κ3) is 4.33. The molecule has 1 aliphatic rings. The van der Waals surface area contributed by atoms with Crippen molar-refractivity contribution in [2.24, 2.45) is 0 Å². The summed E-state index contributed by atoms with van der Waals surface area (Å²) in [4.78, 5) is 22.5. The molecule has 128 valence electrons. The molecule has 0 aliphatic carbocycles. The highest BCUT2D eigenvalue weighted by molar-refractivity contribution is 7.07. The van der Waals surface area contributed by atoms with Crippen molar-refractivity contribution in [2.45, 2.75) is 20.0 Å². The van der Waals surface area contributed by atoms with Crippen LogP contribution < -0.4 is 4.90 Å². The van der Waals surface area contributed by atoms with Gasteiger partial charge in [-0.1, -0.05) is 0 Å². The third-order valence-corrected chi connectivity index (χ3v) is 5.18. The standard InChI is InChI=1S/C18H24N4OS/c1-15(23)22-8-6-21(7-9-22)13-17-11-18(3-5-19-17)20(2)12-16-4-10-24-14-16/h3-5,10-11,14H,6-9,12-13H2,1-2H3. The lowest BCUT2D eigenvalue weighted by Gasteiger charge is -2.34. The Hall–Kier alpha value is -1.92. The molecule has 2 aromatic rings. The van der Waals surface area contributed by atoms with Crippen LogP contribution in [0.2, 0.25) is 0 Å². The van der Waals surface area contributed by atoms with Crippen molar-refractivity contribution in [1.82, 2.24) is 14.8 Å². The Kier molecular flexibility index (Phi) is 5.48. The smallest absolute Gasteiger partial charge is 0.219 e. The van der Waals surface area contributed by atoms with E-state index < -0.39 is 0 Å². The molecule has 5 nitrogen and oxygen atoms in total. The van der Waals surface area contributed by atoms with Gasteiger partial charge in [-0.15, -0.1) is 0 Å². The van der Waals surface area contributed by atoms with Crippen LogP contribution in [0.25, 0.3) is 0 Å². The lowest BCUT2D eigenvalue weighted by Crippen LogP contribution is -2.47. The number of piperazine rings is 1. The zero-order valence-electron chi connectivity index (χ0n) is 14.3. The monoisotopic (exact) mass is 344 g/mol. The summed E-state index contributed by atoms with van der Waals surface area (Å²) in [7, 11) is 2.11. The topological polar surface area (TPSA) is 39.7 Å². The highest BCUT2D eigenvalue weighted by atomic mass is 32.1. The van der Waals surface area contributed by atoms with E-state index in [4.69, 9.17) is 0 Å². The van der Waals surface area contributed by atoms with Crippen LogP contribution in [0.3, 0.4) is 0 Å². The van der Waals surface area contributed by atoms with Crippen molar-refractivity contribution in [3.05, 3.63) is 46.4 Å². The molecule has 24 heavy (non-hydrogen) atoms. The average molecular weight is 344 g/mol. The van der Waals surface area contributed by atoms with Crippen LogP contribution in [0.4, 0.5) is 5.69 Å². The van der Waals surface area contributed by atoms with Crippen LogP contribution >= 0.6 is 11.3 Å². The zero-order chi connectivity index (χ0) is 16.9. The minimum absolute atomic E-state index is 0.171. The molecule has 1 fully saturated rings. The minimum Gasteiger partial charge on any atom is -0.370 e. The van der Waals surface area contributed by atoms with Gasteiger partial charge in [0.05, 0.1) is 5.69 Å². The van der Waals surface area contributed by atoms with Crippen molar-refractivity contribution < 1.29 is 4.79 Å². The Morgan fingerprint density at radius 2 is 2.08 bits per heavy atom. The maximum absolute atomic E-state index is 11.4. The van der Waals surface area contributed by atoms with Gasteiger partial charge in [-0.05, 0) is 34.5 Å². The molecule has 0 N–H and O–H groups in total. The molecule has 1 amide bonds. The van der Waals surface area contributed by atoms with Crippen LogP contribution in [0, 0.1) is 0 Å². The highest BCUT2D eigenvalue weighted by Gasteiger charge is 2.19. The maximum Gasteiger partial charge on any atom is 0.219 e. The second-order valence-electron chi connectivity index (χ2n) is 6.28. The molecule has 1 aliphatic heterocycles. The normalized spacial score (nSPS) is 15.5. The molecular formula is C18H24N4OS. The summed E-state index contributed by atoms with van der Waals surface area (Å²) in [6, 6.07) is 6.39. The van der Waals surface area contributed by atoms with E-state index in [0.29, 0.717) is 0 Å². The quantitative estimate of drug-likeness (QED) is 0.835. The van der Waals surface area contributed by atoms with Crippen LogP contribution in [-0.2, 0) is 17.9 Å². The van der Waals surface area contributed by atoms with E-state index in [2.05, 4.69) is 50.8 Å². The van der Waals surface area contributed by atoms with Crippen molar-refractivity contribution in [1.29, 1.82) is 0 Å². The van der Waals surface area contributed by atoms with E-state index >= 15 is 0 Å². The van der Waals surface area contributed by atoms with Gasteiger partial charge in [0.25, 0.3) is 0 Å². The van der Waals surface area contributed by atoms with Gasteiger partial charge in [-0.2, -0.15) is 11.3 Å². The molecule has 1 saturated heterocycles. The SMILES string of the molecule is CC(=O)N1CCN(Cc2cc(N(C)Cc3ccsc3)ccn2)CC1. The number of hydrogen-bond donors (Lipinski definition) is 0. The summed E-state index contributed by atoms with van der Waals surface area (Å²) in [5.41, 5.74) is 3.61. The summed E-state index contributed by atoms with van der Waals surface area (Å²) < 4.78 is 0. The first-order valence-electron chi connectivity index (χ1n) is 8.27. The van der Waals surface area contributed by atoms with Crippen molar-refractivity contribution >= 4 is 22.9 Å². The first-order chi connectivity index (χ1) is 11.6. The number of pyridine rings is 1.